The minimum atomic E-state index is -0.572. The molecule has 0 aromatic rings. The van der Waals surface area contributed by atoms with Crippen molar-refractivity contribution in [3.63, 3.8) is 0 Å². The average molecular weight is 348 g/mol. The highest BCUT2D eigenvalue weighted by atomic mass is 16.5. The van der Waals surface area contributed by atoms with E-state index in [9.17, 15) is 15.0 Å². The lowest BCUT2D eigenvalue weighted by atomic mass is 9.44. The largest absolute Gasteiger partial charge is 0.469 e. The van der Waals surface area contributed by atoms with Crippen LogP contribution in [0.4, 0.5) is 0 Å². The number of fused-ring (bicyclic) bond motifs is 3. The Kier molecular flexibility index (Phi) is 4.44. The third kappa shape index (κ3) is 2.52. The quantitative estimate of drug-likeness (QED) is 0.594. The summed E-state index contributed by atoms with van der Waals surface area (Å²) in [4.78, 5) is 12.6. The fourth-order valence-corrected chi connectivity index (χ4v) is 6.04. The van der Waals surface area contributed by atoms with Crippen LogP contribution in [0.25, 0.3) is 0 Å². The first-order valence-electron chi connectivity index (χ1n) is 9.43. The van der Waals surface area contributed by atoms with Crippen LogP contribution in [-0.2, 0) is 9.53 Å². The van der Waals surface area contributed by atoms with Crippen LogP contribution in [-0.4, -0.2) is 35.5 Å². The second-order valence-corrected chi connectivity index (χ2v) is 9.09. The fraction of sp³-hybridized carbons (Fsp3) is 0.762. The molecule has 0 bridgehead atoms. The van der Waals surface area contributed by atoms with Gasteiger partial charge in [0.2, 0.25) is 0 Å². The number of carbonyl (C=O) groups excluding carboxylic acids is 1. The standard InChI is InChI=1S/C21H32O4/c1-6-19(2)12-13-14(10-17(19)23)20(3)8-7-9-21(4,18(24)25-5)16(20)11-15(13)22/h6,12,14-17,22-23H,1,7-11H2,2-5H3/t14-,15+,16-,17+,19+,20+,21+/m0/s1. The van der Waals surface area contributed by atoms with Gasteiger partial charge in [-0.25, -0.2) is 0 Å². The molecule has 3 aliphatic rings. The van der Waals surface area contributed by atoms with Crippen molar-refractivity contribution in [2.24, 2.45) is 28.1 Å². The van der Waals surface area contributed by atoms with Crippen molar-refractivity contribution in [3.8, 4) is 0 Å². The van der Waals surface area contributed by atoms with Crippen LogP contribution < -0.4 is 0 Å². The molecule has 0 spiro atoms. The second-order valence-electron chi connectivity index (χ2n) is 9.09. The summed E-state index contributed by atoms with van der Waals surface area (Å²) < 4.78 is 5.13. The summed E-state index contributed by atoms with van der Waals surface area (Å²) in [5, 5.41) is 21.7. The van der Waals surface area contributed by atoms with Gasteiger partial charge in [-0.1, -0.05) is 32.4 Å². The van der Waals surface area contributed by atoms with Crippen LogP contribution in [0.2, 0.25) is 0 Å². The van der Waals surface area contributed by atoms with Gasteiger partial charge in [0, 0.05) is 5.41 Å². The molecule has 0 aromatic heterocycles. The molecule has 25 heavy (non-hydrogen) atoms. The molecule has 0 saturated heterocycles. The Bertz CT molecular complexity index is 611. The predicted octanol–water partition coefficient (Wildman–Crippen LogP) is 3.24. The molecule has 0 radical (unpaired) electrons. The van der Waals surface area contributed by atoms with Gasteiger partial charge in [0.25, 0.3) is 0 Å². The van der Waals surface area contributed by atoms with E-state index in [0.29, 0.717) is 12.8 Å². The molecule has 0 amide bonds. The van der Waals surface area contributed by atoms with Crippen molar-refractivity contribution in [2.75, 3.05) is 7.11 Å². The Morgan fingerprint density at radius 3 is 2.56 bits per heavy atom. The maximum atomic E-state index is 12.6. The van der Waals surface area contributed by atoms with Gasteiger partial charge in [-0.2, -0.15) is 0 Å². The predicted molar refractivity (Wildman–Crippen MR) is 96.7 cm³/mol. The third-order valence-electron chi connectivity index (χ3n) is 7.77. The lowest BCUT2D eigenvalue weighted by Crippen LogP contribution is -2.58. The number of esters is 1. The minimum absolute atomic E-state index is 0.0543. The third-order valence-corrected chi connectivity index (χ3v) is 7.77. The van der Waals surface area contributed by atoms with E-state index in [0.717, 1.165) is 24.8 Å². The Morgan fingerprint density at radius 1 is 1.28 bits per heavy atom. The van der Waals surface area contributed by atoms with Gasteiger partial charge in [-0.3, -0.25) is 4.79 Å². The van der Waals surface area contributed by atoms with Gasteiger partial charge >= 0.3 is 5.97 Å². The van der Waals surface area contributed by atoms with Crippen molar-refractivity contribution >= 4 is 5.97 Å². The molecule has 0 heterocycles. The number of aliphatic hydroxyl groups is 2. The van der Waals surface area contributed by atoms with Gasteiger partial charge in [-0.15, -0.1) is 6.58 Å². The molecule has 7 atom stereocenters. The topological polar surface area (TPSA) is 66.8 Å². The Hall–Kier alpha value is -1.13. The molecule has 2 fully saturated rings. The van der Waals surface area contributed by atoms with Crippen LogP contribution >= 0.6 is 0 Å². The number of aliphatic hydroxyl groups excluding tert-OH is 2. The van der Waals surface area contributed by atoms with E-state index in [4.69, 9.17) is 4.74 Å². The number of methoxy groups -OCH3 is 1. The molecule has 0 aromatic carbocycles. The molecule has 4 heteroatoms. The van der Waals surface area contributed by atoms with E-state index in [1.54, 1.807) is 6.08 Å². The van der Waals surface area contributed by atoms with Crippen molar-refractivity contribution in [3.05, 3.63) is 24.3 Å². The highest BCUT2D eigenvalue weighted by Crippen LogP contribution is 2.64. The van der Waals surface area contributed by atoms with Gasteiger partial charge in [0.15, 0.2) is 0 Å². The van der Waals surface area contributed by atoms with Crippen molar-refractivity contribution in [1.82, 2.24) is 0 Å². The van der Waals surface area contributed by atoms with Crippen LogP contribution in [0.1, 0.15) is 52.9 Å². The summed E-state index contributed by atoms with van der Waals surface area (Å²) in [6.45, 7) is 10.1. The Morgan fingerprint density at radius 2 is 1.96 bits per heavy atom. The summed E-state index contributed by atoms with van der Waals surface area (Å²) in [5.74, 6) is -0.0254. The van der Waals surface area contributed by atoms with Crippen LogP contribution in [0.15, 0.2) is 24.3 Å². The van der Waals surface area contributed by atoms with E-state index in [2.05, 4.69) is 13.5 Å². The Balaban J connectivity index is 2.07. The monoisotopic (exact) mass is 348 g/mol. The Labute approximate surface area is 151 Å². The number of hydrogen-bond acceptors (Lipinski definition) is 4. The van der Waals surface area contributed by atoms with Gasteiger partial charge in [0.05, 0.1) is 24.7 Å². The smallest absolute Gasteiger partial charge is 0.311 e. The van der Waals surface area contributed by atoms with Crippen LogP contribution in [0.3, 0.4) is 0 Å². The van der Waals surface area contributed by atoms with Crippen LogP contribution in [0, 0.1) is 28.1 Å². The van der Waals surface area contributed by atoms with Gasteiger partial charge in [-0.05, 0) is 55.4 Å². The molecule has 3 rings (SSSR count). The molecular weight excluding hydrogens is 316 g/mol. The first-order valence-corrected chi connectivity index (χ1v) is 9.43. The summed E-state index contributed by atoms with van der Waals surface area (Å²) in [6, 6.07) is 0. The SMILES string of the molecule is C=C[C@]1(C)C=C2[C@H](O)C[C@H]3[C@](C)(CCC[C@@]3(C)C(=O)OC)[C@H]2C[C@H]1O. The van der Waals surface area contributed by atoms with E-state index in [-0.39, 0.29) is 23.2 Å². The summed E-state index contributed by atoms with van der Waals surface area (Å²) in [6.07, 6.45) is 6.68. The van der Waals surface area contributed by atoms with Gasteiger partial charge < -0.3 is 14.9 Å². The molecule has 2 N–H and O–H groups in total. The number of hydrogen-bond donors (Lipinski definition) is 2. The number of rotatable bonds is 2. The zero-order chi connectivity index (χ0) is 18.6. The zero-order valence-corrected chi connectivity index (χ0v) is 15.9. The van der Waals surface area contributed by atoms with Gasteiger partial charge in [0.1, 0.15) is 0 Å². The van der Waals surface area contributed by atoms with Crippen molar-refractivity contribution in [2.45, 2.75) is 65.1 Å². The first kappa shape index (κ1) is 18.7. The van der Waals surface area contributed by atoms with Crippen molar-refractivity contribution < 1.29 is 19.7 Å². The second kappa shape index (κ2) is 5.95. The summed E-state index contributed by atoms with van der Waals surface area (Å²) in [7, 11) is 1.45. The molecule has 140 valence electrons. The summed E-state index contributed by atoms with van der Waals surface area (Å²) >= 11 is 0. The fourth-order valence-electron chi connectivity index (χ4n) is 6.04. The minimum Gasteiger partial charge on any atom is -0.469 e. The first-order chi connectivity index (χ1) is 11.6. The van der Waals surface area contributed by atoms with Crippen LogP contribution in [0.5, 0.6) is 0 Å². The lowest BCUT2D eigenvalue weighted by Gasteiger charge is -2.60. The zero-order valence-electron chi connectivity index (χ0n) is 15.9. The van der Waals surface area contributed by atoms with E-state index in [1.165, 1.54) is 7.11 Å². The average Bonchev–Trinajstić information content (AvgIpc) is 2.58. The molecule has 4 nitrogen and oxygen atoms in total. The molecule has 0 unspecified atom stereocenters. The highest BCUT2D eigenvalue weighted by Gasteiger charge is 2.61. The van der Waals surface area contributed by atoms with E-state index >= 15 is 0 Å². The van der Waals surface area contributed by atoms with Crippen molar-refractivity contribution in [1.29, 1.82) is 0 Å². The summed E-state index contributed by atoms with van der Waals surface area (Å²) in [5.41, 5.74) is -0.162. The highest BCUT2D eigenvalue weighted by molar-refractivity contribution is 5.77. The number of carbonyl (C=O) groups is 1. The van der Waals surface area contributed by atoms with E-state index in [1.807, 2.05) is 19.9 Å². The molecular formula is C21H32O4. The lowest BCUT2D eigenvalue weighted by molar-refractivity contribution is -0.172. The molecule has 2 saturated carbocycles. The molecule has 3 aliphatic carbocycles. The number of ether oxygens (including phenoxy) is 1. The maximum absolute atomic E-state index is 12.6. The maximum Gasteiger partial charge on any atom is 0.311 e. The van der Waals surface area contributed by atoms with E-state index < -0.39 is 23.0 Å². The normalized spacial score (nSPS) is 49.4. The molecule has 0 aliphatic heterocycles.